The first kappa shape index (κ1) is 9.83. The Balaban J connectivity index is 2.45. The van der Waals surface area contributed by atoms with Gasteiger partial charge in [-0.2, -0.15) is 0 Å². The van der Waals surface area contributed by atoms with Gasteiger partial charge < -0.3 is 14.3 Å². The molecule has 80 valence electrons. The van der Waals surface area contributed by atoms with Gasteiger partial charge in [0.1, 0.15) is 7.11 Å². The third-order valence-electron chi connectivity index (χ3n) is 2.34. The minimum atomic E-state index is 0.290. The summed E-state index contributed by atoms with van der Waals surface area (Å²) in [6, 6.07) is 3.88. The number of aryl methyl sites for hydroxylation is 1. The van der Waals surface area contributed by atoms with Gasteiger partial charge in [-0.15, -0.1) is 0 Å². The molecule has 1 aliphatic heterocycles. The Kier molecular flexibility index (Phi) is 2.49. The molecule has 15 heavy (non-hydrogen) atoms. The molecular weight excluding hydrogens is 194 g/mol. The van der Waals surface area contributed by atoms with E-state index in [0.29, 0.717) is 6.79 Å². The lowest BCUT2D eigenvalue weighted by Crippen LogP contribution is -1.98. The van der Waals surface area contributed by atoms with E-state index in [-0.39, 0.29) is 0 Å². The average molecular weight is 207 g/mol. The van der Waals surface area contributed by atoms with E-state index in [4.69, 9.17) is 14.3 Å². The molecule has 0 fully saturated rings. The molecule has 4 nitrogen and oxygen atoms in total. The zero-order valence-corrected chi connectivity index (χ0v) is 9.03. The molecule has 0 saturated heterocycles. The van der Waals surface area contributed by atoms with Gasteiger partial charge in [-0.25, -0.2) is 0 Å². The summed E-state index contributed by atoms with van der Waals surface area (Å²) in [4.78, 5) is 4.75. The lowest BCUT2D eigenvalue weighted by molar-refractivity contribution is 0.174. The van der Waals surface area contributed by atoms with Crippen LogP contribution in [0.2, 0.25) is 0 Å². The smallest absolute Gasteiger partial charge is 0.231 e. The molecule has 0 saturated carbocycles. The topological polar surface area (TPSA) is 40.0 Å². The van der Waals surface area contributed by atoms with Gasteiger partial charge in [0.15, 0.2) is 11.5 Å². The number of benzene rings is 1. The number of hydrogen-bond acceptors (Lipinski definition) is 4. The molecule has 0 unspecified atom stereocenters. The van der Waals surface area contributed by atoms with Crippen molar-refractivity contribution in [2.75, 3.05) is 13.9 Å². The Bertz CT molecular complexity index is 413. The Hall–Kier alpha value is -1.71. The van der Waals surface area contributed by atoms with Crippen LogP contribution in [0.15, 0.2) is 17.3 Å². The number of nitrogens with zero attached hydrogens (tertiary/aromatic N) is 1. The zero-order valence-electron chi connectivity index (χ0n) is 9.03. The minimum absolute atomic E-state index is 0.290. The van der Waals surface area contributed by atoms with Crippen molar-refractivity contribution in [2.24, 2.45) is 5.16 Å². The van der Waals surface area contributed by atoms with E-state index in [2.05, 4.69) is 5.16 Å². The van der Waals surface area contributed by atoms with Crippen molar-refractivity contribution >= 4 is 5.71 Å². The van der Waals surface area contributed by atoms with E-state index in [9.17, 15) is 0 Å². The normalized spacial score (nSPS) is 14.2. The van der Waals surface area contributed by atoms with Crippen molar-refractivity contribution in [3.63, 3.8) is 0 Å². The Labute approximate surface area is 88.4 Å². The first-order chi connectivity index (χ1) is 7.22. The molecule has 0 radical (unpaired) electrons. The summed E-state index contributed by atoms with van der Waals surface area (Å²) in [5.74, 6) is 1.56. The van der Waals surface area contributed by atoms with E-state index in [1.165, 1.54) is 7.11 Å². The lowest BCUT2D eigenvalue weighted by Gasteiger charge is -2.06. The minimum Gasteiger partial charge on any atom is -0.454 e. The van der Waals surface area contributed by atoms with Gasteiger partial charge in [-0.05, 0) is 31.5 Å². The molecular formula is C11H13NO3. The van der Waals surface area contributed by atoms with Gasteiger partial charge in [-0.3, -0.25) is 0 Å². The number of fused-ring (bicyclic) bond motifs is 1. The average Bonchev–Trinajstić information content (AvgIpc) is 2.63. The maximum absolute atomic E-state index is 5.30. The fourth-order valence-corrected chi connectivity index (χ4v) is 1.62. The monoisotopic (exact) mass is 207 g/mol. The summed E-state index contributed by atoms with van der Waals surface area (Å²) in [6.45, 7) is 4.19. The maximum atomic E-state index is 5.30. The van der Waals surface area contributed by atoms with Gasteiger partial charge in [0, 0.05) is 5.56 Å². The van der Waals surface area contributed by atoms with Crippen LogP contribution < -0.4 is 9.47 Å². The van der Waals surface area contributed by atoms with Gasteiger partial charge >= 0.3 is 0 Å². The number of rotatable bonds is 2. The fourth-order valence-electron chi connectivity index (χ4n) is 1.62. The molecule has 0 aliphatic carbocycles. The van der Waals surface area contributed by atoms with Gasteiger partial charge in [0.05, 0.1) is 5.71 Å². The summed E-state index contributed by atoms with van der Waals surface area (Å²) in [5.41, 5.74) is 2.94. The largest absolute Gasteiger partial charge is 0.454 e. The van der Waals surface area contributed by atoms with Crippen molar-refractivity contribution in [1.29, 1.82) is 0 Å². The standard InChI is InChI=1S/C11H13NO3/c1-7-4-10-11(15-6-14-10)5-9(7)8(2)12-13-3/h4-5H,6H2,1-3H3/b12-8+. The Morgan fingerprint density at radius 2 is 2.00 bits per heavy atom. The highest BCUT2D eigenvalue weighted by Gasteiger charge is 2.16. The van der Waals surface area contributed by atoms with Crippen molar-refractivity contribution in [2.45, 2.75) is 13.8 Å². The van der Waals surface area contributed by atoms with Crippen LogP contribution in [0.1, 0.15) is 18.1 Å². The molecule has 0 aromatic heterocycles. The van der Waals surface area contributed by atoms with E-state index in [1.54, 1.807) is 0 Å². The first-order valence-electron chi connectivity index (χ1n) is 4.70. The van der Waals surface area contributed by atoms with Crippen molar-refractivity contribution in [1.82, 2.24) is 0 Å². The summed E-state index contributed by atoms with van der Waals surface area (Å²) < 4.78 is 10.6. The highest BCUT2D eigenvalue weighted by atomic mass is 16.7. The summed E-state index contributed by atoms with van der Waals surface area (Å²) in [5, 5.41) is 3.90. The van der Waals surface area contributed by atoms with Crippen molar-refractivity contribution in [3.8, 4) is 11.5 Å². The molecule has 1 aromatic carbocycles. The molecule has 4 heteroatoms. The van der Waals surface area contributed by atoms with E-state index in [0.717, 1.165) is 28.3 Å². The first-order valence-corrected chi connectivity index (χ1v) is 4.70. The number of hydrogen-bond donors (Lipinski definition) is 0. The molecule has 1 aromatic rings. The molecule has 1 heterocycles. The maximum Gasteiger partial charge on any atom is 0.231 e. The van der Waals surface area contributed by atoms with Crippen LogP contribution in [0.25, 0.3) is 0 Å². The fraction of sp³-hybridized carbons (Fsp3) is 0.364. The molecule has 0 N–H and O–H groups in total. The SMILES string of the molecule is CO/N=C(\C)c1cc2c(cc1C)OCO2. The van der Waals surface area contributed by atoms with Crippen LogP contribution in [0.3, 0.4) is 0 Å². The second-order valence-corrected chi connectivity index (χ2v) is 3.38. The van der Waals surface area contributed by atoms with E-state index in [1.807, 2.05) is 26.0 Å². The van der Waals surface area contributed by atoms with Gasteiger partial charge in [-0.1, -0.05) is 5.16 Å². The lowest BCUT2D eigenvalue weighted by atomic mass is 10.0. The van der Waals surface area contributed by atoms with Crippen LogP contribution in [0.4, 0.5) is 0 Å². The molecule has 2 rings (SSSR count). The van der Waals surface area contributed by atoms with Crippen molar-refractivity contribution < 1.29 is 14.3 Å². The van der Waals surface area contributed by atoms with Crippen LogP contribution in [0.5, 0.6) is 11.5 Å². The third kappa shape index (κ3) is 1.75. The predicted molar refractivity (Wildman–Crippen MR) is 56.5 cm³/mol. The van der Waals surface area contributed by atoms with Crippen LogP contribution in [-0.4, -0.2) is 19.6 Å². The molecule has 0 spiro atoms. The summed E-state index contributed by atoms with van der Waals surface area (Å²) >= 11 is 0. The Morgan fingerprint density at radius 3 is 2.67 bits per heavy atom. The van der Waals surface area contributed by atoms with E-state index < -0.39 is 0 Å². The summed E-state index contributed by atoms with van der Waals surface area (Å²) in [6.07, 6.45) is 0. The van der Waals surface area contributed by atoms with E-state index >= 15 is 0 Å². The van der Waals surface area contributed by atoms with Gasteiger partial charge in [0.25, 0.3) is 0 Å². The number of oxime groups is 1. The number of ether oxygens (including phenoxy) is 2. The predicted octanol–water partition coefficient (Wildman–Crippen LogP) is 2.09. The highest BCUT2D eigenvalue weighted by molar-refractivity contribution is 6.00. The van der Waals surface area contributed by atoms with Crippen molar-refractivity contribution in [3.05, 3.63) is 23.3 Å². The molecule has 0 atom stereocenters. The summed E-state index contributed by atoms with van der Waals surface area (Å²) in [7, 11) is 1.53. The van der Waals surface area contributed by atoms with Crippen LogP contribution in [0, 0.1) is 6.92 Å². The van der Waals surface area contributed by atoms with Gasteiger partial charge in [0.2, 0.25) is 6.79 Å². The Morgan fingerprint density at radius 1 is 1.33 bits per heavy atom. The quantitative estimate of drug-likeness (QED) is 0.550. The van der Waals surface area contributed by atoms with Crippen LogP contribution >= 0.6 is 0 Å². The third-order valence-corrected chi connectivity index (χ3v) is 2.34. The molecule has 0 amide bonds. The molecule has 0 bridgehead atoms. The zero-order chi connectivity index (χ0) is 10.8. The van der Waals surface area contributed by atoms with Crippen LogP contribution in [-0.2, 0) is 4.84 Å². The molecule has 1 aliphatic rings. The second kappa shape index (κ2) is 3.81. The highest BCUT2D eigenvalue weighted by Crippen LogP contribution is 2.34. The second-order valence-electron chi connectivity index (χ2n) is 3.38.